The lowest BCUT2D eigenvalue weighted by Gasteiger charge is -2.12. The summed E-state index contributed by atoms with van der Waals surface area (Å²) >= 11 is 5.95. The van der Waals surface area contributed by atoms with Crippen molar-refractivity contribution >= 4 is 17.6 Å². The summed E-state index contributed by atoms with van der Waals surface area (Å²) in [5.41, 5.74) is 2.25. The third-order valence-electron chi connectivity index (χ3n) is 3.29. The predicted molar refractivity (Wildman–Crippen MR) is 81.4 cm³/mol. The van der Waals surface area contributed by atoms with E-state index in [9.17, 15) is 0 Å². The molecule has 21 heavy (non-hydrogen) atoms. The maximum absolute atomic E-state index is 5.95. The number of halogens is 1. The Bertz CT molecular complexity index is 639. The maximum atomic E-state index is 5.95. The second-order valence-corrected chi connectivity index (χ2v) is 5.23. The van der Waals surface area contributed by atoms with Crippen molar-refractivity contribution in [1.82, 2.24) is 10.1 Å². The van der Waals surface area contributed by atoms with E-state index in [1.54, 1.807) is 0 Å². The number of hydrogen-bond acceptors (Lipinski definition) is 5. The number of anilines is 1. The molecule has 110 valence electrons. The standard InChI is InChI=1S/C15H16ClN3O2/c16-13-3-1-2-12(10-13)14-18-15(21-19-14)17-7-4-11-5-8-20-9-6-11/h1-3,5,10H,4,6-9H2,(H,17,18,19). The Morgan fingerprint density at radius 1 is 1.33 bits per heavy atom. The molecule has 5 nitrogen and oxygen atoms in total. The number of nitrogens with zero attached hydrogens (tertiary/aromatic N) is 2. The zero-order valence-corrected chi connectivity index (χ0v) is 12.3. The van der Waals surface area contributed by atoms with Gasteiger partial charge >= 0.3 is 6.01 Å². The van der Waals surface area contributed by atoms with Crippen molar-refractivity contribution < 1.29 is 9.26 Å². The molecule has 0 amide bonds. The molecule has 1 N–H and O–H groups in total. The van der Waals surface area contributed by atoms with Crippen LogP contribution in [0.15, 0.2) is 40.4 Å². The van der Waals surface area contributed by atoms with E-state index < -0.39 is 0 Å². The van der Waals surface area contributed by atoms with Gasteiger partial charge in [-0.15, -0.1) is 0 Å². The van der Waals surface area contributed by atoms with E-state index in [2.05, 4.69) is 21.5 Å². The number of aromatic nitrogens is 2. The normalized spacial score (nSPS) is 14.8. The first-order chi connectivity index (χ1) is 10.3. The van der Waals surface area contributed by atoms with Gasteiger partial charge in [-0.25, -0.2) is 0 Å². The van der Waals surface area contributed by atoms with Gasteiger partial charge in [0, 0.05) is 17.1 Å². The monoisotopic (exact) mass is 305 g/mol. The molecule has 6 heteroatoms. The van der Waals surface area contributed by atoms with Gasteiger partial charge in [0.05, 0.1) is 13.2 Å². The van der Waals surface area contributed by atoms with Crippen LogP contribution in [0, 0.1) is 0 Å². The van der Waals surface area contributed by atoms with Crippen molar-refractivity contribution in [3.05, 3.63) is 40.9 Å². The average Bonchev–Trinajstić information content (AvgIpc) is 2.97. The van der Waals surface area contributed by atoms with Crippen molar-refractivity contribution in [3.8, 4) is 11.4 Å². The Labute approximate surface area is 127 Å². The number of nitrogens with one attached hydrogen (secondary N) is 1. The highest BCUT2D eigenvalue weighted by molar-refractivity contribution is 6.30. The molecule has 0 fully saturated rings. The van der Waals surface area contributed by atoms with E-state index in [-0.39, 0.29) is 0 Å². The third kappa shape index (κ3) is 3.83. The van der Waals surface area contributed by atoms with Crippen LogP contribution in [-0.2, 0) is 4.74 Å². The smallest absolute Gasteiger partial charge is 0.321 e. The number of rotatable bonds is 5. The Morgan fingerprint density at radius 3 is 3.10 bits per heavy atom. The molecule has 0 atom stereocenters. The van der Waals surface area contributed by atoms with Crippen LogP contribution in [0.25, 0.3) is 11.4 Å². The number of benzene rings is 1. The van der Waals surface area contributed by atoms with Gasteiger partial charge < -0.3 is 14.6 Å². The zero-order valence-electron chi connectivity index (χ0n) is 11.5. The molecule has 3 rings (SSSR count). The molecular weight excluding hydrogens is 290 g/mol. The molecule has 0 saturated heterocycles. The first-order valence-corrected chi connectivity index (χ1v) is 7.28. The molecule has 1 aliphatic heterocycles. The second kappa shape index (κ2) is 6.74. The van der Waals surface area contributed by atoms with Gasteiger partial charge in [0.25, 0.3) is 0 Å². The minimum Gasteiger partial charge on any atom is -0.377 e. The van der Waals surface area contributed by atoms with Gasteiger partial charge in [0.1, 0.15) is 0 Å². The first kappa shape index (κ1) is 14.1. The number of ether oxygens (including phenoxy) is 1. The molecule has 1 aromatic heterocycles. The fraction of sp³-hybridized carbons (Fsp3) is 0.333. The van der Waals surface area contributed by atoms with Crippen molar-refractivity contribution in [2.24, 2.45) is 0 Å². The SMILES string of the molecule is Clc1cccc(-c2noc(NCCC3=CCOCC3)n2)c1. The highest BCUT2D eigenvalue weighted by Crippen LogP contribution is 2.21. The molecule has 0 unspecified atom stereocenters. The molecule has 2 aromatic rings. The summed E-state index contributed by atoms with van der Waals surface area (Å²) in [5.74, 6) is 0.533. The van der Waals surface area contributed by atoms with E-state index in [0.717, 1.165) is 38.2 Å². The Hall–Kier alpha value is -1.85. The van der Waals surface area contributed by atoms with Gasteiger partial charge in [-0.1, -0.05) is 40.5 Å². The fourth-order valence-corrected chi connectivity index (χ4v) is 2.35. The van der Waals surface area contributed by atoms with Crippen molar-refractivity contribution in [3.63, 3.8) is 0 Å². The quantitative estimate of drug-likeness (QED) is 0.856. The van der Waals surface area contributed by atoms with Crippen LogP contribution < -0.4 is 5.32 Å². The molecular formula is C15H16ClN3O2. The van der Waals surface area contributed by atoms with Crippen molar-refractivity contribution in [2.45, 2.75) is 12.8 Å². The summed E-state index contributed by atoms with van der Waals surface area (Å²) in [5, 5.41) is 7.74. The van der Waals surface area contributed by atoms with E-state index in [1.807, 2.05) is 24.3 Å². The van der Waals surface area contributed by atoms with Gasteiger partial charge in [-0.05, 0) is 25.0 Å². The average molecular weight is 306 g/mol. The summed E-state index contributed by atoms with van der Waals surface area (Å²) < 4.78 is 10.5. The van der Waals surface area contributed by atoms with E-state index in [0.29, 0.717) is 16.9 Å². The Kier molecular flexibility index (Phi) is 4.52. The fourth-order valence-electron chi connectivity index (χ4n) is 2.16. The third-order valence-corrected chi connectivity index (χ3v) is 3.52. The minimum absolute atomic E-state index is 0.428. The van der Waals surface area contributed by atoms with Crippen LogP contribution in [0.4, 0.5) is 6.01 Å². The van der Waals surface area contributed by atoms with Gasteiger partial charge in [0.15, 0.2) is 0 Å². The van der Waals surface area contributed by atoms with Gasteiger partial charge in [-0.2, -0.15) is 4.98 Å². The van der Waals surface area contributed by atoms with Gasteiger partial charge in [-0.3, -0.25) is 0 Å². The molecule has 0 aliphatic carbocycles. The Balaban J connectivity index is 1.56. The van der Waals surface area contributed by atoms with Crippen LogP contribution >= 0.6 is 11.6 Å². The lowest BCUT2D eigenvalue weighted by molar-refractivity contribution is 0.153. The lowest BCUT2D eigenvalue weighted by Crippen LogP contribution is -2.09. The van der Waals surface area contributed by atoms with Crippen LogP contribution in [0.3, 0.4) is 0 Å². The van der Waals surface area contributed by atoms with Crippen LogP contribution in [0.2, 0.25) is 5.02 Å². The minimum atomic E-state index is 0.428. The molecule has 0 bridgehead atoms. The summed E-state index contributed by atoms with van der Waals surface area (Å²) in [7, 11) is 0. The van der Waals surface area contributed by atoms with Crippen molar-refractivity contribution in [2.75, 3.05) is 25.1 Å². The summed E-state index contributed by atoms with van der Waals surface area (Å²) in [4.78, 5) is 4.31. The molecule has 2 heterocycles. The molecule has 0 radical (unpaired) electrons. The highest BCUT2D eigenvalue weighted by Gasteiger charge is 2.09. The summed E-state index contributed by atoms with van der Waals surface area (Å²) in [6, 6.07) is 7.80. The molecule has 1 aliphatic rings. The number of hydrogen-bond donors (Lipinski definition) is 1. The maximum Gasteiger partial charge on any atom is 0.321 e. The van der Waals surface area contributed by atoms with Crippen LogP contribution in [0.5, 0.6) is 0 Å². The largest absolute Gasteiger partial charge is 0.377 e. The van der Waals surface area contributed by atoms with E-state index >= 15 is 0 Å². The molecule has 1 aromatic carbocycles. The van der Waals surface area contributed by atoms with Gasteiger partial charge in [0.2, 0.25) is 5.82 Å². The van der Waals surface area contributed by atoms with Crippen LogP contribution in [-0.4, -0.2) is 29.9 Å². The topological polar surface area (TPSA) is 60.2 Å². The molecule has 0 spiro atoms. The zero-order chi connectivity index (χ0) is 14.5. The summed E-state index contributed by atoms with van der Waals surface area (Å²) in [6.45, 7) is 2.29. The predicted octanol–water partition coefficient (Wildman–Crippen LogP) is 3.54. The molecule has 0 saturated carbocycles. The Morgan fingerprint density at radius 2 is 2.29 bits per heavy atom. The van der Waals surface area contributed by atoms with E-state index in [1.165, 1.54) is 5.57 Å². The lowest BCUT2D eigenvalue weighted by atomic mass is 10.1. The second-order valence-electron chi connectivity index (χ2n) is 4.80. The summed E-state index contributed by atoms with van der Waals surface area (Å²) in [6.07, 6.45) is 4.09. The van der Waals surface area contributed by atoms with Crippen molar-refractivity contribution in [1.29, 1.82) is 0 Å². The highest BCUT2D eigenvalue weighted by atomic mass is 35.5. The first-order valence-electron chi connectivity index (χ1n) is 6.90. The van der Waals surface area contributed by atoms with E-state index in [4.69, 9.17) is 20.9 Å². The van der Waals surface area contributed by atoms with Crippen LogP contribution in [0.1, 0.15) is 12.8 Å².